The fourth-order valence-electron chi connectivity index (χ4n) is 2.31. The maximum absolute atomic E-state index is 14.3. The van der Waals surface area contributed by atoms with Gasteiger partial charge in [-0.3, -0.25) is 9.36 Å². The normalized spacial score (nSPS) is 12.7. The summed E-state index contributed by atoms with van der Waals surface area (Å²) in [7, 11) is 0.771. The molecule has 2 aromatic rings. The smallest absolute Gasteiger partial charge is 0.431 e. The lowest BCUT2D eigenvalue weighted by Gasteiger charge is -2.16. The number of carbonyl (C=O) groups excluding carboxylic acids is 1. The maximum atomic E-state index is 14.3. The third-order valence-corrected chi connectivity index (χ3v) is 4.43. The molecule has 158 valence electrons. The summed E-state index contributed by atoms with van der Waals surface area (Å²) in [6, 6.07) is 1.66. The van der Waals surface area contributed by atoms with Gasteiger partial charge >= 0.3 is 11.9 Å². The van der Waals surface area contributed by atoms with Crippen LogP contribution in [0.5, 0.6) is 5.75 Å². The fourth-order valence-corrected chi connectivity index (χ4v) is 2.60. The molecule has 0 spiro atoms. The number of hydrogen-bond donors (Lipinski definition) is 0. The molecule has 0 radical (unpaired) electrons. The van der Waals surface area contributed by atoms with Crippen molar-refractivity contribution in [2.75, 3.05) is 6.61 Å². The van der Waals surface area contributed by atoms with Gasteiger partial charge in [-0.15, -0.1) is 11.6 Å². The SMILES string of the molecule is Cn1c(C(F)(F)F)cc(=O)n(-c2cc(OCCC(Cl)C(=O)[O-])c(Cl)cc2F)c1=O. The molecule has 0 amide bonds. The summed E-state index contributed by atoms with van der Waals surface area (Å²) in [6.45, 7) is -0.299. The van der Waals surface area contributed by atoms with E-state index in [0.717, 1.165) is 13.1 Å². The number of aromatic nitrogens is 2. The topological polar surface area (TPSA) is 93.4 Å². The summed E-state index contributed by atoms with van der Waals surface area (Å²) in [5.41, 5.74) is -5.09. The first-order chi connectivity index (χ1) is 13.3. The maximum Gasteiger partial charge on any atom is 0.431 e. The highest BCUT2D eigenvalue weighted by Crippen LogP contribution is 2.30. The van der Waals surface area contributed by atoms with Crippen LogP contribution in [0.4, 0.5) is 17.6 Å². The van der Waals surface area contributed by atoms with Gasteiger partial charge in [-0.25, -0.2) is 13.8 Å². The van der Waals surface area contributed by atoms with Crippen molar-refractivity contribution in [1.82, 2.24) is 9.13 Å². The van der Waals surface area contributed by atoms with Crippen LogP contribution < -0.4 is 21.1 Å². The van der Waals surface area contributed by atoms with Gasteiger partial charge in [-0.1, -0.05) is 11.6 Å². The minimum Gasteiger partial charge on any atom is -0.549 e. The van der Waals surface area contributed by atoms with E-state index in [1.165, 1.54) is 0 Å². The minimum absolute atomic E-state index is 0.147. The lowest BCUT2D eigenvalue weighted by atomic mass is 10.2. The summed E-state index contributed by atoms with van der Waals surface area (Å²) in [6.07, 6.45) is -5.19. The Morgan fingerprint density at radius 2 is 1.90 bits per heavy atom. The first-order valence-corrected chi connectivity index (χ1v) is 8.53. The van der Waals surface area contributed by atoms with Crippen molar-refractivity contribution < 1.29 is 32.2 Å². The van der Waals surface area contributed by atoms with E-state index < -0.39 is 46.0 Å². The van der Waals surface area contributed by atoms with E-state index in [2.05, 4.69) is 0 Å². The summed E-state index contributed by atoms with van der Waals surface area (Å²) >= 11 is 11.3. The number of ether oxygens (including phenoxy) is 1. The Labute approximate surface area is 169 Å². The highest BCUT2D eigenvalue weighted by molar-refractivity contribution is 6.32. The zero-order valence-corrected chi connectivity index (χ0v) is 15.9. The third kappa shape index (κ3) is 4.91. The van der Waals surface area contributed by atoms with Crippen LogP contribution in [0.15, 0.2) is 27.8 Å². The second kappa shape index (κ2) is 8.46. The van der Waals surface area contributed by atoms with Gasteiger partial charge < -0.3 is 14.6 Å². The summed E-state index contributed by atoms with van der Waals surface area (Å²) in [4.78, 5) is 35.0. The van der Waals surface area contributed by atoms with Crippen molar-refractivity contribution in [2.24, 2.45) is 7.05 Å². The Bertz CT molecular complexity index is 1060. The van der Waals surface area contributed by atoms with Crippen LogP contribution >= 0.6 is 23.2 Å². The molecule has 0 aliphatic rings. The van der Waals surface area contributed by atoms with Crippen molar-refractivity contribution >= 4 is 29.2 Å². The third-order valence-electron chi connectivity index (χ3n) is 3.74. The first kappa shape index (κ1) is 22.8. The molecule has 0 N–H and O–H groups in total. The predicted molar refractivity (Wildman–Crippen MR) is 92.0 cm³/mol. The molecule has 1 heterocycles. The number of hydrogen-bond acceptors (Lipinski definition) is 5. The molecular weight excluding hydrogens is 447 g/mol. The molecule has 0 aliphatic carbocycles. The molecule has 7 nitrogen and oxygen atoms in total. The molecule has 0 saturated carbocycles. The fraction of sp³-hybridized carbons (Fsp3) is 0.312. The van der Waals surface area contributed by atoms with Crippen molar-refractivity contribution in [2.45, 2.75) is 18.0 Å². The van der Waals surface area contributed by atoms with Gasteiger partial charge in [-0.05, 0) is 6.07 Å². The number of halogens is 6. The Balaban J connectivity index is 2.51. The summed E-state index contributed by atoms with van der Waals surface area (Å²) in [5, 5.41) is 8.90. The molecular formula is C16H11Cl2F4N2O5-. The van der Waals surface area contributed by atoms with Crippen molar-refractivity contribution in [3.05, 3.63) is 55.6 Å². The lowest BCUT2D eigenvalue weighted by molar-refractivity contribution is -0.305. The molecule has 1 unspecified atom stereocenters. The molecule has 0 aliphatic heterocycles. The van der Waals surface area contributed by atoms with Gasteiger partial charge in [0.1, 0.15) is 17.3 Å². The van der Waals surface area contributed by atoms with Crippen LogP contribution in [0.3, 0.4) is 0 Å². The molecule has 1 aromatic heterocycles. The van der Waals surface area contributed by atoms with Crippen LogP contribution in [0.2, 0.25) is 5.02 Å². The van der Waals surface area contributed by atoms with E-state index in [0.29, 0.717) is 6.07 Å². The standard InChI is InChI=1S/C16H12Cl2F4N2O5/c1-23-12(16(20,21)22)6-13(25)24(15(23)28)10-5-11(8(18)4-9(10)19)29-3-2-7(17)14(26)27/h4-7H,2-3H2,1H3,(H,26,27)/p-1. The van der Waals surface area contributed by atoms with Crippen molar-refractivity contribution in [1.29, 1.82) is 0 Å². The van der Waals surface area contributed by atoms with Crippen LogP contribution in [-0.4, -0.2) is 27.1 Å². The van der Waals surface area contributed by atoms with Crippen molar-refractivity contribution in [3.8, 4) is 11.4 Å². The number of nitrogens with zero attached hydrogens (tertiary/aromatic N) is 2. The lowest BCUT2D eigenvalue weighted by Crippen LogP contribution is -2.41. The van der Waals surface area contributed by atoms with Gasteiger partial charge in [0.15, 0.2) is 0 Å². The van der Waals surface area contributed by atoms with Crippen molar-refractivity contribution in [3.63, 3.8) is 0 Å². The Morgan fingerprint density at radius 3 is 2.45 bits per heavy atom. The van der Waals surface area contributed by atoms with Crippen LogP contribution in [-0.2, 0) is 18.0 Å². The highest BCUT2D eigenvalue weighted by Gasteiger charge is 2.35. The number of alkyl halides is 4. The van der Waals surface area contributed by atoms with Gasteiger partial charge in [0, 0.05) is 25.6 Å². The van der Waals surface area contributed by atoms with E-state index in [9.17, 15) is 37.1 Å². The van der Waals surface area contributed by atoms with Crippen LogP contribution in [0, 0.1) is 5.82 Å². The molecule has 0 bridgehead atoms. The molecule has 13 heteroatoms. The Morgan fingerprint density at radius 1 is 1.28 bits per heavy atom. The average molecular weight is 458 g/mol. The summed E-state index contributed by atoms with van der Waals surface area (Å²) < 4.78 is 58.6. The molecule has 1 atom stereocenters. The Hall–Kier alpha value is -2.53. The van der Waals surface area contributed by atoms with E-state index >= 15 is 0 Å². The zero-order chi connectivity index (χ0) is 22.1. The summed E-state index contributed by atoms with van der Waals surface area (Å²) in [5.74, 6) is -2.97. The quantitative estimate of drug-likeness (QED) is 0.483. The van der Waals surface area contributed by atoms with Crippen LogP contribution in [0.25, 0.3) is 5.69 Å². The number of carbonyl (C=O) groups is 1. The molecule has 29 heavy (non-hydrogen) atoms. The van der Waals surface area contributed by atoms with E-state index in [1.54, 1.807) is 0 Å². The second-order valence-electron chi connectivity index (χ2n) is 5.70. The van der Waals surface area contributed by atoms with Gasteiger partial charge in [0.25, 0.3) is 5.56 Å². The minimum atomic E-state index is -4.98. The van der Waals surface area contributed by atoms with Gasteiger partial charge in [0.2, 0.25) is 0 Å². The van der Waals surface area contributed by atoms with E-state index in [4.69, 9.17) is 27.9 Å². The predicted octanol–water partition coefficient (Wildman–Crippen LogP) is 1.47. The monoisotopic (exact) mass is 457 g/mol. The number of rotatable bonds is 6. The zero-order valence-electron chi connectivity index (χ0n) is 14.4. The number of carboxylic acids is 1. The average Bonchev–Trinajstić information content (AvgIpc) is 2.60. The Kier molecular flexibility index (Phi) is 6.63. The van der Waals surface area contributed by atoms with E-state index in [-0.39, 0.29) is 39.0 Å². The molecule has 1 aromatic carbocycles. The van der Waals surface area contributed by atoms with Gasteiger partial charge in [-0.2, -0.15) is 13.2 Å². The number of aliphatic carboxylic acids is 1. The van der Waals surface area contributed by atoms with Gasteiger partial charge in [0.05, 0.1) is 28.7 Å². The second-order valence-corrected chi connectivity index (χ2v) is 6.63. The molecule has 0 fully saturated rings. The van der Waals surface area contributed by atoms with E-state index in [1.807, 2.05) is 0 Å². The first-order valence-electron chi connectivity index (χ1n) is 7.72. The highest BCUT2D eigenvalue weighted by atomic mass is 35.5. The van der Waals surface area contributed by atoms with Crippen LogP contribution in [0.1, 0.15) is 12.1 Å². The number of benzene rings is 1. The molecule has 0 saturated heterocycles. The molecule has 2 rings (SSSR count). The number of carboxylic acid groups (broad SMARTS) is 1. The largest absolute Gasteiger partial charge is 0.549 e.